The number of amides is 19. The summed E-state index contributed by atoms with van der Waals surface area (Å²) in [5, 5.41) is 94.9. The number of nitrogens with one attached hydrogen (secondary N) is 19. The van der Waals surface area contributed by atoms with Crippen molar-refractivity contribution < 1.29 is 111 Å². The molecule has 0 unspecified atom stereocenters. The number of carboxylic acids is 1. The molecule has 52 nitrogen and oxygen atoms in total. The molecule has 9 rings (SSSR count). The van der Waals surface area contributed by atoms with Crippen LogP contribution in [-0.2, 0) is 122 Å². The van der Waals surface area contributed by atoms with Crippen molar-refractivity contribution in [1.82, 2.24) is 105 Å². The lowest BCUT2D eigenvalue weighted by atomic mass is 10.0. The number of carbonyl (C=O) groups is 20. The summed E-state index contributed by atoms with van der Waals surface area (Å²) in [6.45, 7) is -2.63. The standard InChI is InChI=1S/C96H135N29O23S2/c97-58-51-149-150-52-69(121-85(139)67(47-75(99)129)118-80(134)60(34-35-74(98)128)113-82(136)65(44-54-19-6-2-7-20-54)117-84(138)64(116-78(58)132)46-56-30-32-57(127)33-31-56)91(145)123-40-15-27-71(123)87(141)114-59(23-10-36-106-94(100)101)79(133)109-48-76(130)111-61(24-11-37-107-95(102)103)89(143)125-42-16-29-73(125)92(146)124-41-13-26-70(124)86(140)110-49-77(131)112-63(43-53-17-4-1-5-18-53)81(135)120-68(50-126)90(144)122-39-14-28-72(122)88(142)119-66(45-55-21-8-3-9-22-55)83(137)115-62(93(147)148)25-12-38-108-96(104)105/h1-9,17-22,30-33,58-73,126-127H,10-16,23-29,34-52,97H2,(H2,98,128)(H2,99,129)(H,109,133)(H,110,140)(H,111,130)(H,112,131)(H,113,136)(H,114,141)(H,115,137)(H,116,132)(H,117,138)(H,118,134)(H,119,142)(H,120,135)(H,121,139)(H,147,148)(H4,100,101,106)(H4,102,103,107)(H4,104,105,108)/t58-,59-,60-,61-,62-,63-,64-,65-,66-,67-,68-,69-,70-,71-,72-,73-/m0/s1. The number of phenols is 1. The first kappa shape index (κ1) is 118. The van der Waals surface area contributed by atoms with Gasteiger partial charge in [-0.3, -0.25) is 107 Å². The Kier molecular flexibility index (Phi) is 46.8. The fourth-order valence-corrected chi connectivity index (χ4v) is 20.0. The number of hydrogen-bond donors (Lipinski definition) is 28. The average molecular weight is 2130 g/mol. The van der Waals surface area contributed by atoms with Gasteiger partial charge in [0.25, 0.3) is 0 Å². The zero-order valence-corrected chi connectivity index (χ0v) is 84.3. The highest BCUT2D eigenvalue weighted by Gasteiger charge is 2.47. The maximum absolute atomic E-state index is 15.2. The van der Waals surface area contributed by atoms with Crippen molar-refractivity contribution in [2.24, 2.45) is 34.4 Å². The zero-order valence-electron chi connectivity index (χ0n) is 82.6. The molecule has 5 saturated heterocycles. The maximum atomic E-state index is 15.2. The predicted molar refractivity (Wildman–Crippen MR) is 546 cm³/mol. The molecule has 4 aromatic rings. The molecule has 19 amide bonds. The van der Waals surface area contributed by atoms with Gasteiger partial charge in [-0.2, -0.15) is 0 Å². The molecule has 16 atom stereocenters. The summed E-state index contributed by atoms with van der Waals surface area (Å²) in [6, 6.07) is 7.24. The van der Waals surface area contributed by atoms with Crippen molar-refractivity contribution in [2.75, 3.05) is 77.0 Å². The molecular formula is C96H135N29O23S2. The molecule has 0 bridgehead atoms. The Morgan fingerprint density at radius 3 is 1.31 bits per heavy atom. The second kappa shape index (κ2) is 59.5. The SMILES string of the molecule is N=C(N)NCCC[C@H](NC(=O)[C@H](Cc1ccccc1)NC(=O)[C@@H]1CCCN1C(=O)[C@H](CO)NC(=O)[C@H](Cc1ccccc1)NC(=O)CNC(=O)[C@@H]1CCCN1C(=O)[C@@H]1CCCN1C(=O)[C@H](CCCNC(=N)N)NC(=O)CNC(=O)[C@H](CCCNC(=N)N)NC(=O)[C@@H]1CCCN1C(=O)[C@@H]1CSSC[C@H](N)C(=O)N[C@@H](Cc2ccc(O)cc2)C(=O)N[C@@H](Cc2ccccc2)C(=O)N[C@@H](CCC(N)=O)C(=O)N[C@@H](CC(N)=O)C(=O)N1)C(=O)O. The van der Waals surface area contributed by atoms with Crippen LogP contribution in [0.25, 0.3) is 0 Å². The number of carboxylic acid groups (broad SMARTS) is 1. The van der Waals surface area contributed by atoms with E-state index in [4.69, 9.17) is 50.6 Å². The van der Waals surface area contributed by atoms with Crippen molar-refractivity contribution in [3.05, 3.63) is 138 Å². The Bertz CT molecular complexity index is 5460. The van der Waals surface area contributed by atoms with Crippen LogP contribution in [0, 0.1) is 16.2 Å². The van der Waals surface area contributed by atoms with E-state index < -0.39 is 266 Å². The molecule has 34 N–H and O–H groups in total. The van der Waals surface area contributed by atoms with Crippen LogP contribution in [-0.4, -0.2) is 345 Å². The van der Waals surface area contributed by atoms with Gasteiger partial charge in [-0.25, -0.2) is 4.79 Å². The van der Waals surface area contributed by atoms with Gasteiger partial charge in [-0.15, -0.1) is 0 Å². The minimum Gasteiger partial charge on any atom is -0.508 e. The number of aliphatic carboxylic acids is 1. The van der Waals surface area contributed by atoms with Crippen LogP contribution in [0.4, 0.5) is 0 Å². The molecule has 54 heteroatoms. The van der Waals surface area contributed by atoms with E-state index in [0.29, 0.717) is 28.7 Å². The minimum absolute atomic E-state index is 0.0130. The largest absolute Gasteiger partial charge is 0.508 e. The quantitative estimate of drug-likeness (QED) is 0.00845. The summed E-state index contributed by atoms with van der Waals surface area (Å²) in [5.74, 6) is -20.8. The molecule has 4 aromatic carbocycles. The molecule has 5 fully saturated rings. The number of hydrogen-bond acceptors (Lipinski definition) is 28. The molecule has 5 aliphatic heterocycles. The van der Waals surface area contributed by atoms with Gasteiger partial charge in [0.2, 0.25) is 112 Å². The van der Waals surface area contributed by atoms with Crippen molar-refractivity contribution in [3.63, 3.8) is 0 Å². The number of nitrogens with zero attached hydrogens (tertiary/aromatic N) is 4. The number of aliphatic hydroxyl groups is 1. The summed E-state index contributed by atoms with van der Waals surface area (Å²) in [7, 11) is 1.86. The van der Waals surface area contributed by atoms with Gasteiger partial charge in [-0.1, -0.05) is 125 Å². The lowest BCUT2D eigenvalue weighted by Crippen LogP contribution is -2.61. The number of guanidine groups is 3. The van der Waals surface area contributed by atoms with Crippen molar-refractivity contribution >= 4 is 158 Å². The average Bonchev–Trinajstić information content (AvgIpc) is 1.65. The van der Waals surface area contributed by atoms with E-state index in [1.165, 1.54) is 34.1 Å². The lowest BCUT2D eigenvalue weighted by molar-refractivity contribution is -0.148. The van der Waals surface area contributed by atoms with E-state index in [0.717, 1.165) is 31.4 Å². The summed E-state index contributed by atoms with van der Waals surface area (Å²) in [6.07, 6.45) is -1.56. The molecule has 0 spiro atoms. The van der Waals surface area contributed by atoms with Gasteiger partial charge < -0.3 is 154 Å². The van der Waals surface area contributed by atoms with Crippen LogP contribution in [0.1, 0.15) is 131 Å². The number of carbonyl (C=O) groups excluding carboxylic acids is 19. The van der Waals surface area contributed by atoms with E-state index in [2.05, 4.69) is 85.1 Å². The molecule has 5 heterocycles. The molecule has 0 radical (unpaired) electrons. The van der Waals surface area contributed by atoms with Crippen molar-refractivity contribution in [1.29, 1.82) is 16.2 Å². The summed E-state index contributed by atoms with van der Waals surface area (Å²) in [5.41, 5.74) is 36.3. The number of benzene rings is 4. The van der Waals surface area contributed by atoms with Gasteiger partial charge in [0.05, 0.1) is 32.2 Å². The number of nitrogens with two attached hydrogens (primary N) is 6. The van der Waals surface area contributed by atoms with E-state index >= 15 is 4.79 Å². The van der Waals surface area contributed by atoms with Crippen LogP contribution in [0.3, 0.4) is 0 Å². The molecule has 5 aliphatic rings. The van der Waals surface area contributed by atoms with Crippen LogP contribution >= 0.6 is 21.6 Å². The fourth-order valence-electron chi connectivity index (χ4n) is 17.8. The highest BCUT2D eigenvalue weighted by atomic mass is 33.1. The Labute approximate surface area is 871 Å². The van der Waals surface area contributed by atoms with Gasteiger partial charge in [0, 0.05) is 89.4 Å². The molecule has 150 heavy (non-hydrogen) atoms. The molecule has 814 valence electrons. The topological polar surface area (TPSA) is 835 Å². The lowest BCUT2D eigenvalue weighted by Gasteiger charge is -2.33. The predicted octanol–water partition coefficient (Wildman–Crippen LogP) is -8.08. The third kappa shape index (κ3) is 37.4. The third-order valence-corrected chi connectivity index (χ3v) is 27.9. The first-order valence-corrected chi connectivity index (χ1v) is 51.8. The second-order valence-corrected chi connectivity index (χ2v) is 39.3. The summed E-state index contributed by atoms with van der Waals surface area (Å²) >= 11 is 0. The van der Waals surface area contributed by atoms with E-state index in [1.54, 1.807) is 91.0 Å². The number of phenolic OH excluding ortho intramolecular Hbond substituents is 1. The van der Waals surface area contributed by atoms with Gasteiger partial charge in [-0.05, 0) is 131 Å². The molecule has 0 aliphatic carbocycles. The number of rotatable bonds is 47. The highest BCUT2D eigenvalue weighted by molar-refractivity contribution is 8.76. The summed E-state index contributed by atoms with van der Waals surface area (Å²) in [4.78, 5) is 289. The Balaban J connectivity index is 0.845. The van der Waals surface area contributed by atoms with E-state index in [-0.39, 0.29) is 178 Å². The van der Waals surface area contributed by atoms with Crippen LogP contribution < -0.4 is 119 Å². The number of aromatic hydroxyl groups is 1. The minimum atomic E-state index is -1.92. The maximum Gasteiger partial charge on any atom is 0.326 e. The number of primary amides is 2. The molecule has 0 aromatic heterocycles. The molecule has 0 saturated carbocycles. The van der Waals surface area contributed by atoms with Crippen molar-refractivity contribution in [2.45, 2.75) is 232 Å². The van der Waals surface area contributed by atoms with Gasteiger partial charge in [0.1, 0.15) is 96.4 Å². The second-order valence-electron chi connectivity index (χ2n) is 36.7. The fraction of sp³-hybridized carbons (Fsp3) is 0.510. The highest BCUT2D eigenvalue weighted by Crippen LogP contribution is 2.30. The first-order valence-electron chi connectivity index (χ1n) is 49.3. The normalized spacial score (nSPS) is 20.9. The Hall–Kier alpha value is -15.5. The zero-order chi connectivity index (χ0) is 109. The van der Waals surface area contributed by atoms with Crippen LogP contribution in [0.2, 0.25) is 0 Å². The third-order valence-electron chi connectivity index (χ3n) is 25.5. The van der Waals surface area contributed by atoms with Gasteiger partial charge >= 0.3 is 5.97 Å². The van der Waals surface area contributed by atoms with Gasteiger partial charge in [0.15, 0.2) is 17.9 Å². The Morgan fingerprint density at radius 1 is 0.400 bits per heavy atom. The monoisotopic (exact) mass is 2130 g/mol. The molecular weight excluding hydrogens is 1990 g/mol. The first-order chi connectivity index (χ1) is 71.6. The Morgan fingerprint density at radius 2 is 0.800 bits per heavy atom. The van der Waals surface area contributed by atoms with Crippen LogP contribution in [0.15, 0.2) is 115 Å². The van der Waals surface area contributed by atoms with Crippen LogP contribution in [0.5, 0.6) is 5.75 Å². The van der Waals surface area contributed by atoms with E-state index in [1.807, 2.05) is 0 Å². The van der Waals surface area contributed by atoms with Crippen molar-refractivity contribution in [3.8, 4) is 5.75 Å². The summed E-state index contributed by atoms with van der Waals surface area (Å²) < 4.78 is 0. The smallest absolute Gasteiger partial charge is 0.326 e. The van der Waals surface area contributed by atoms with E-state index in [9.17, 15) is 106 Å². The number of aliphatic hydroxyl groups excluding tert-OH is 1. The number of likely N-dealkylation sites (tertiary alicyclic amines) is 4.